The van der Waals surface area contributed by atoms with Crippen LogP contribution in [0.25, 0.3) is 0 Å². The fourth-order valence-electron chi connectivity index (χ4n) is 3.31. The van der Waals surface area contributed by atoms with Gasteiger partial charge in [-0.25, -0.2) is 0 Å². The van der Waals surface area contributed by atoms with E-state index in [-0.39, 0.29) is 27.5 Å². The largest absolute Gasteiger partial charge is 0.312 e. The number of hydrogen-bond acceptors (Lipinski definition) is 7. The van der Waals surface area contributed by atoms with Gasteiger partial charge in [0.1, 0.15) is 10.6 Å². The van der Waals surface area contributed by atoms with Crippen LogP contribution in [-0.4, -0.2) is 33.5 Å². The number of aryl methyl sites for hydroxylation is 1. The van der Waals surface area contributed by atoms with E-state index in [4.69, 9.17) is 11.6 Å². The van der Waals surface area contributed by atoms with Crippen molar-refractivity contribution in [3.05, 3.63) is 73.7 Å². The summed E-state index contributed by atoms with van der Waals surface area (Å²) in [4.78, 5) is 37.2. The number of benzene rings is 2. The predicted octanol–water partition coefficient (Wildman–Crippen LogP) is 4.18. The van der Waals surface area contributed by atoms with Crippen LogP contribution in [0.4, 0.5) is 16.5 Å². The van der Waals surface area contributed by atoms with Crippen molar-refractivity contribution in [2.75, 3.05) is 16.8 Å². The summed E-state index contributed by atoms with van der Waals surface area (Å²) in [5.41, 5.74) is 1.40. The minimum absolute atomic E-state index is 0.00794. The highest BCUT2D eigenvalue weighted by atomic mass is 35.5. The van der Waals surface area contributed by atoms with Crippen LogP contribution in [0.2, 0.25) is 5.02 Å². The van der Waals surface area contributed by atoms with Gasteiger partial charge in [-0.1, -0.05) is 40.6 Å². The number of nitrogens with one attached hydrogen (secondary N) is 1. The number of anilines is 2. The lowest BCUT2D eigenvalue weighted by atomic mass is 10.1. The molecule has 1 unspecified atom stereocenters. The molecular weight excluding hydrogens is 442 g/mol. The zero-order valence-electron chi connectivity index (χ0n) is 16.2. The quantitative estimate of drug-likeness (QED) is 0.453. The number of nitrogens with zero attached hydrogens (tertiary/aromatic N) is 4. The molecule has 0 radical (unpaired) electrons. The van der Waals surface area contributed by atoms with Gasteiger partial charge in [0.15, 0.2) is 0 Å². The lowest BCUT2D eigenvalue weighted by Gasteiger charge is -2.16. The fourth-order valence-corrected chi connectivity index (χ4v) is 4.31. The summed E-state index contributed by atoms with van der Waals surface area (Å²) in [5, 5.41) is 22.8. The number of nitro benzene ring substituents is 1. The topological polar surface area (TPSA) is 118 Å². The second-order valence-electron chi connectivity index (χ2n) is 7.06. The van der Waals surface area contributed by atoms with E-state index in [1.54, 1.807) is 4.90 Å². The summed E-state index contributed by atoms with van der Waals surface area (Å²) in [6.07, 6.45) is 0.291. The van der Waals surface area contributed by atoms with Crippen LogP contribution < -0.4 is 10.2 Å². The fraction of sp³-hybridized carbons (Fsp3) is 0.200. The minimum Gasteiger partial charge on any atom is -0.312 e. The Balaban J connectivity index is 1.48. The summed E-state index contributed by atoms with van der Waals surface area (Å²) in [7, 11) is 0. The first-order chi connectivity index (χ1) is 14.8. The lowest BCUT2D eigenvalue weighted by Crippen LogP contribution is -2.24. The Labute approximate surface area is 185 Å². The summed E-state index contributed by atoms with van der Waals surface area (Å²) >= 11 is 6.93. The zero-order chi connectivity index (χ0) is 22.1. The van der Waals surface area contributed by atoms with E-state index in [2.05, 4.69) is 15.5 Å². The maximum absolute atomic E-state index is 12.5. The average molecular weight is 458 g/mol. The van der Waals surface area contributed by atoms with E-state index in [0.717, 1.165) is 28.7 Å². The van der Waals surface area contributed by atoms with Crippen molar-refractivity contribution in [3.8, 4) is 0 Å². The van der Waals surface area contributed by atoms with Gasteiger partial charge in [-0.15, -0.1) is 10.2 Å². The van der Waals surface area contributed by atoms with Crippen molar-refractivity contribution >= 4 is 51.3 Å². The normalized spacial score (nSPS) is 15.9. The monoisotopic (exact) mass is 457 g/mol. The molecule has 1 N–H and O–H groups in total. The molecule has 11 heteroatoms. The number of amides is 2. The number of halogens is 1. The molecule has 1 fully saturated rings. The van der Waals surface area contributed by atoms with Crippen molar-refractivity contribution < 1.29 is 14.5 Å². The van der Waals surface area contributed by atoms with Gasteiger partial charge in [-0.2, -0.15) is 0 Å². The van der Waals surface area contributed by atoms with Crippen molar-refractivity contribution in [1.29, 1.82) is 0 Å². The number of aromatic nitrogens is 2. The van der Waals surface area contributed by atoms with Crippen LogP contribution in [0.15, 0.2) is 42.5 Å². The van der Waals surface area contributed by atoms with Gasteiger partial charge in [-0.05, 0) is 31.2 Å². The molecule has 1 atom stereocenters. The Morgan fingerprint density at radius 3 is 2.71 bits per heavy atom. The van der Waals surface area contributed by atoms with E-state index in [0.29, 0.717) is 18.0 Å². The smallest absolute Gasteiger partial charge is 0.283 e. The van der Waals surface area contributed by atoms with Crippen LogP contribution >= 0.6 is 22.9 Å². The van der Waals surface area contributed by atoms with E-state index in [1.165, 1.54) is 12.1 Å². The molecule has 1 aliphatic rings. The van der Waals surface area contributed by atoms with Gasteiger partial charge in [0.2, 0.25) is 11.0 Å². The summed E-state index contributed by atoms with van der Waals surface area (Å²) in [5.74, 6) is -0.844. The van der Waals surface area contributed by atoms with Crippen LogP contribution in [0, 0.1) is 17.0 Å². The van der Waals surface area contributed by atoms with Crippen molar-refractivity contribution in [2.24, 2.45) is 0 Å². The van der Waals surface area contributed by atoms with E-state index >= 15 is 0 Å². The predicted molar refractivity (Wildman–Crippen MR) is 117 cm³/mol. The van der Waals surface area contributed by atoms with Crippen molar-refractivity contribution in [3.63, 3.8) is 0 Å². The van der Waals surface area contributed by atoms with Gasteiger partial charge >= 0.3 is 0 Å². The Morgan fingerprint density at radius 2 is 2.00 bits per heavy atom. The Kier molecular flexibility index (Phi) is 5.66. The molecule has 2 aromatic carbocycles. The average Bonchev–Trinajstić information content (AvgIpc) is 3.35. The molecule has 0 bridgehead atoms. The van der Waals surface area contributed by atoms with Gasteiger partial charge in [0.25, 0.3) is 11.6 Å². The first-order valence-corrected chi connectivity index (χ1v) is 10.5. The third-order valence-corrected chi connectivity index (χ3v) is 6.12. The van der Waals surface area contributed by atoms with E-state index < -0.39 is 16.5 Å². The molecule has 2 amide bonds. The molecule has 3 aromatic rings. The first kappa shape index (κ1) is 20.9. The van der Waals surface area contributed by atoms with Crippen LogP contribution in [0.5, 0.6) is 0 Å². The number of nitro groups is 1. The number of hydrogen-bond donors (Lipinski definition) is 1. The van der Waals surface area contributed by atoms with E-state index in [9.17, 15) is 19.7 Å². The van der Waals surface area contributed by atoms with Crippen LogP contribution in [-0.2, 0) is 4.79 Å². The highest BCUT2D eigenvalue weighted by molar-refractivity contribution is 7.15. The Morgan fingerprint density at radius 1 is 1.26 bits per heavy atom. The van der Waals surface area contributed by atoms with Crippen molar-refractivity contribution in [2.45, 2.75) is 19.3 Å². The zero-order valence-corrected chi connectivity index (χ0v) is 17.8. The molecule has 0 spiro atoms. The van der Waals surface area contributed by atoms with Crippen LogP contribution in [0.3, 0.4) is 0 Å². The molecule has 0 saturated carbocycles. The van der Waals surface area contributed by atoms with E-state index in [1.807, 2.05) is 31.2 Å². The summed E-state index contributed by atoms with van der Waals surface area (Å²) in [6.45, 7) is 2.45. The molecule has 2 heterocycles. The highest BCUT2D eigenvalue weighted by Crippen LogP contribution is 2.34. The van der Waals surface area contributed by atoms with Gasteiger partial charge in [0.05, 0.1) is 4.92 Å². The molecule has 9 nitrogen and oxygen atoms in total. The molecule has 1 aromatic heterocycles. The third kappa shape index (κ3) is 4.39. The summed E-state index contributed by atoms with van der Waals surface area (Å²) < 4.78 is 0. The first-order valence-electron chi connectivity index (χ1n) is 9.27. The third-order valence-electron chi connectivity index (χ3n) is 4.88. The summed E-state index contributed by atoms with van der Waals surface area (Å²) in [6, 6.07) is 11.5. The highest BCUT2D eigenvalue weighted by Gasteiger charge is 2.34. The molecule has 4 rings (SSSR count). The SMILES string of the molecule is Cc1ccc(N2CC(c3nnc(NC(=O)c4ccc(Cl)cc4[N+](=O)[O-])s3)CC2=O)cc1. The molecular formula is C20H16ClN5O4S. The Hall–Kier alpha value is -3.37. The minimum atomic E-state index is -0.685. The number of carbonyl (C=O) groups excluding carboxylic acids is 2. The van der Waals surface area contributed by atoms with Gasteiger partial charge in [0, 0.05) is 35.7 Å². The second kappa shape index (κ2) is 8.40. The Bertz CT molecular complexity index is 1180. The molecule has 1 saturated heterocycles. The second-order valence-corrected chi connectivity index (χ2v) is 8.50. The maximum Gasteiger partial charge on any atom is 0.283 e. The number of rotatable bonds is 5. The molecule has 1 aliphatic heterocycles. The number of carbonyl (C=O) groups is 2. The molecule has 0 aliphatic carbocycles. The lowest BCUT2D eigenvalue weighted by molar-refractivity contribution is -0.385. The molecule has 31 heavy (non-hydrogen) atoms. The van der Waals surface area contributed by atoms with Gasteiger partial charge in [-0.3, -0.25) is 25.0 Å². The van der Waals surface area contributed by atoms with Crippen LogP contribution in [0.1, 0.15) is 33.3 Å². The molecule has 158 valence electrons. The van der Waals surface area contributed by atoms with Crippen molar-refractivity contribution in [1.82, 2.24) is 10.2 Å². The maximum atomic E-state index is 12.5. The van der Waals surface area contributed by atoms with Gasteiger partial charge < -0.3 is 4.90 Å². The standard InChI is InChI=1S/C20H16ClN5O4S/c1-11-2-5-14(6-3-11)25-10-12(8-17(25)27)19-23-24-20(31-19)22-18(28)15-7-4-13(21)9-16(15)26(29)30/h2-7,9,12H,8,10H2,1H3,(H,22,24,28).